The first-order chi connectivity index (χ1) is 13.7. The van der Waals surface area contributed by atoms with Gasteiger partial charge in [-0.15, -0.1) is 0 Å². The number of piperazine rings is 1. The Labute approximate surface area is 162 Å². The van der Waals surface area contributed by atoms with E-state index >= 15 is 0 Å². The third-order valence-corrected chi connectivity index (χ3v) is 6.13. The molecule has 8 nitrogen and oxygen atoms in total. The molecule has 0 aliphatic carbocycles. The number of oxazole rings is 1. The molecule has 0 radical (unpaired) electrons. The van der Waals surface area contributed by atoms with Gasteiger partial charge in [0.2, 0.25) is 5.91 Å². The van der Waals surface area contributed by atoms with Crippen LogP contribution in [0.2, 0.25) is 0 Å². The third-order valence-electron chi connectivity index (χ3n) is 6.13. The van der Waals surface area contributed by atoms with Crippen LogP contribution in [-0.4, -0.2) is 89.7 Å². The van der Waals surface area contributed by atoms with Crippen LogP contribution in [-0.2, 0) is 4.79 Å². The monoisotopic (exact) mass is 388 g/mol. The van der Waals surface area contributed by atoms with E-state index in [0.29, 0.717) is 30.6 Å². The Hall–Kier alpha value is -2.26. The summed E-state index contributed by atoms with van der Waals surface area (Å²) in [6.45, 7) is 5.08. The normalized spacial score (nSPS) is 29.1. The first kappa shape index (κ1) is 17.8. The van der Waals surface area contributed by atoms with E-state index in [1.165, 1.54) is 0 Å². The Kier molecular flexibility index (Phi) is 4.64. The van der Waals surface area contributed by atoms with Crippen LogP contribution in [0, 0.1) is 0 Å². The van der Waals surface area contributed by atoms with E-state index in [9.17, 15) is 9.18 Å². The fraction of sp³-hybridized carbons (Fsp3) is 0.632. The number of nitrogens with zero attached hydrogens (tertiary/aromatic N) is 5. The predicted octanol–water partition coefficient (Wildman–Crippen LogP) is 0.646. The summed E-state index contributed by atoms with van der Waals surface area (Å²) in [5.41, 5.74) is 1.53. The zero-order valence-corrected chi connectivity index (χ0v) is 15.8. The highest BCUT2D eigenvalue weighted by molar-refractivity contribution is 5.82. The molecule has 3 saturated heterocycles. The molecule has 28 heavy (non-hydrogen) atoms. The molecule has 3 fully saturated rings. The van der Waals surface area contributed by atoms with Crippen LogP contribution in [0.5, 0.6) is 0 Å². The van der Waals surface area contributed by atoms with Crippen molar-refractivity contribution >= 4 is 23.0 Å². The van der Waals surface area contributed by atoms with E-state index in [-0.39, 0.29) is 18.5 Å². The number of alkyl halides is 1. The number of aromatic nitrogens is 2. The SMILES string of the molecule is O=C([C@@H]1C[C@H](N2CCN(c3nc4ccncc4o3)CC2)CN1)N1CC[C@H](F)C1. The van der Waals surface area contributed by atoms with Gasteiger partial charge in [-0.25, -0.2) is 4.39 Å². The van der Waals surface area contributed by atoms with E-state index in [1.807, 2.05) is 6.07 Å². The van der Waals surface area contributed by atoms with E-state index < -0.39 is 6.17 Å². The van der Waals surface area contributed by atoms with Gasteiger partial charge in [-0.1, -0.05) is 0 Å². The lowest BCUT2D eigenvalue weighted by molar-refractivity contribution is -0.132. The molecular weight excluding hydrogens is 363 g/mol. The summed E-state index contributed by atoms with van der Waals surface area (Å²) in [6.07, 6.45) is 3.80. The highest BCUT2D eigenvalue weighted by atomic mass is 19.1. The second kappa shape index (κ2) is 7.29. The number of rotatable bonds is 3. The van der Waals surface area contributed by atoms with Gasteiger partial charge in [-0.2, -0.15) is 4.98 Å². The van der Waals surface area contributed by atoms with Crippen molar-refractivity contribution in [3.05, 3.63) is 18.5 Å². The molecule has 150 valence electrons. The molecule has 9 heteroatoms. The van der Waals surface area contributed by atoms with Crippen LogP contribution in [0.15, 0.2) is 22.9 Å². The Morgan fingerprint density at radius 2 is 2.11 bits per heavy atom. The summed E-state index contributed by atoms with van der Waals surface area (Å²) < 4.78 is 19.2. The van der Waals surface area contributed by atoms with Gasteiger partial charge in [-0.3, -0.25) is 14.7 Å². The van der Waals surface area contributed by atoms with Crippen molar-refractivity contribution in [2.24, 2.45) is 0 Å². The summed E-state index contributed by atoms with van der Waals surface area (Å²) in [6, 6.07) is 2.66. The first-order valence-corrected chi connectivity index (χ1v) is 10.0. The van der Waals surface area contributed by atoms with Gasteiger partial charge in [0.25, 0.3) is 6.01 Å². The van der Waals surface area contributed by atoms with Gasteiger partial charge in [-0.05, 0) is 18.9 Å². The van der Waals surface area contributed by atoms with E-state index in [4.69, 9.17) is 4.42 Å². The van der Waals surface area contributed by atoms with Crippen LogP contribution < -0.4 is 10.2 Å². The van der Waals surface area contributed by atoms with Crippen molar-refractivity contribution < 1.29 is 13.6 Å². The summed E-state index contributed by atoms with van der Waals surface area (Å²) in [7, 11) is 0. The van der Waals surface area contributed by atoms with Crippen molar-refractivity contribution in [1.82, 2.24) is 25.1 Å². The fourth-order valence-corrected chi connectivity index (χ4v) is 4.50. The minimum Gasteiger partial charge on any atom is -0.422 e. The fourth-order valence-electron chi connectivity index (χ4n) is 4.50. The van der Waals surface area contributed by atoms with Gasteiger partial charge in [0.15, 0.2) is 5.58 Å². The van der Waals surface area contributed by atoms with Crippen LogP contribution in [0.25, 0.3) is 11.1 Å². The number of halogens is 1. The molecule has 3 aliphatic heterocycles. The quantitative estimate of drug-likeness (QED) is 0.827. The maximum atomic E-state index is 13.4. The molecule has 1 N–H and O–H groups in total. The number of carbonyl (C=O) groups is 1. The Morgan fingerprint density at radius 3 is 2.86 bits per heavy atom. The molecule has 0 bridgehead atoms. The van der Waals surface area contributed by atoms with Crippen LogP contribution >= 0.6 is 0 Å². The predicted molar refractivity (Wildman–Crippen MR) is 102 cm³/mol. The summed E-state index contributed by atoms with van der Waals surface area (Å²) >= 11 is 0. The second-order valence-electron chi connectivity index (χ2n) is 7.88. The van der Waals surface area contributed by atoms with Crippen molar-refractivity contribution in [3.8, 4) is 0 Å². The lowest BCUT2D eigenvalue weighted by Gasteiger charge is -2.37. The van der Waals surface area contributed by atoms with Gasteiger partial charge < -0.3 is 19.5 Å². The third kappa shape index (κ3) is 3.33. The minimum absolute atomic E-state index is 0.0568. The van der Waals surface area contributed by atoms with Crippen LogP contribution in [0.4, 0.5) is 10.4 Å². The molecule has 0 spiro atoms. The Balaban J connectivity index is 1.15. The first-order valence-electron chi connectivity index (χ1n) is 10.0. The van der Waals surface area contributed by atoms with E-state index in [0.717, 1.165) is 44.7 Å². The largest absolute Gasteiger partial charge is 0.422 e. The number of nitrogens with one attached hydrogen (secondary N) is 1. The number of hydrogen-bond acceptors (Lipinski definition) is 7. The topological polar surface area (TPSA) is 77.7 Å². The summed E-state index contributed by atoms with van der Waals surface area (Å²) in [5.74, 6) is 0.0568. The molecule has 5 heterocycles. The van der Waals surface area contributed by atoms with Gasteiger partial charge >= 0.3 is 0 Å². The molecule has 2 aromatic rings. The number of fused-ring (bicyclic) bond motifs is 1. The highest BCUT2D eigenvalue weighted by Crippen LogP contribution is 2.24. The average molecular weight is 388 g/mol. The molecular formula is C19H25FN6O2. The molecule has 0 unspecified atom stereocenters. The number of anilines is 1. The zero-order valence-electron chi connectivity index (χ0n) is 15.8. The lowest BCUT2D eigenvalue weighted by atomic mass is 10.1. The molecule has 1 amide bonds. The summed E-state index contributed by atoms with van der Waals surface area (Å²) in [4.78, 5) is 27.5. The van der Waals surface area contributed by atoms with E-state index in [1.54, 1.807) is 17.3 Å². The number of pyridine rings is 1. The molecule has 2 aromatic heterocycles. The number of amides is 1. The maximum absolute atomic E-state index is 13.4. The smallest absolute Gasteiger partial charge is 0.298 e. The number of likely N-dealkylation sites (tertiary alicyclic amines) is 1. The van der Waals surface area contributed by atoms with E-state index in [2.05, 4.69) is 25.1 Å². The molecule has 0 saturated carbocycles. The van der Waals surface area contributed by atoms with Crippen molar-refractivity contribution in [1.29, 1.82) is 0 Å². The Morgan fingerprint density at radius 1 is 1.25 bits per heavy atom. The number of hydrogen-bond donors (Lipinski definition) is 1. The van der Waals surface area contributed by atoms with Crippen LogP contribution in [0.3, 0.4) is 0 Å². The van der Waals surface area contributed by atoms with Crippen LogP contribution in [0.1, 0.15) is 12.8 Å². The Bertz CT molecular complexity index is 819. The molecule has 0 aromatic carbocycles. The highest BCUT2D eigenvalue weighted by Gasteiger charge is 2.38. The second-order valence-corrected chi connectivity index (χ2v) is 7.88. The maximum Gasteiger partial charge on any atom is 0.298 e. The van der Waals surface area contributed by atoms with Crippen molar-refractivity contribution in [2.45, 2.75) is 31.1 Å². The van der Waals surface area contributed by atoms with Crippen molar-refractivity contribution in [3.63, 3.8) is 0 Å². The average Bonchev–Trinajstić information content (AvgIpc) is 3.46. The van der Waals surface area contributed by atoms with Gasteiger partial charge in [0.1, 0.15) is 11.7 Å². The van der Waals surface area contributed by atoms with Gasteiger partial charge in [0.05, 0.1) is 18.8 Å². The minimum atomic E-state index is -0.864. The molecule has 3 atom stereocenters. The van der Waals surface area contributed by atoms with Crippen molar-refractivity contribution in [2.75, 3.05) is 50.7 Å². The zero-order chi connectivity index (χ0) is 19.1. The molecule has 5 rings (SSSR count). The number of carbonyl (C=O) groups excluding carboxylic acids is 1. The standard InChI is InChI=1S/C19H25FN6O2/c20-13-2-4-26(12-13)18(27)16-9-14(10-22-16)24-5-7-25(8-6-24)19-23-15-1-3-21-11-17(15)28-19/h1,3,11,13-14,16,22H,2,4-10,12H2/t13-,14-,16-/m0/s1. The summed E-state index contributed by atoms with van der Waals surface area (Å²) in [5, 5.41) is 3.35. The molecule has 3 aliphatic rings. The van der Waals surface area contributed by atoms with Gasteiger partial charge in [0, 0.05) is 51.5 Å². The lowest BCUT2D eigenvalue weighted by Crippen LogP contribution is -2.51.